The van der Waals surface area contributed by atoms with Gasteiger partial charge in [0.05, 0.1) is 5.60 Å². The molecule has 3 atom stereocenters. The van der Waals surface area contributed by atoms with Gasteiger partial charge >= 0.3 is 0 Å². The van der Waals surface area contributed by atoms with Crippen LogP contribution in [-0.2, 0) is 6.42 Å². The second-order valence-corrected chi connectivity index (χ2v) is 6.41. The second-order valence-electron chi connectivity index (χ2n) is 6.41. The van der Waals surface area contributed by atoms with E-state index in [2.05, 4.69) is 6.92 Å². The molecule has 0 radical (unpaired) electrons. The summed E-state index contributed by atoms with van der Waals surface area (Å²) in [6, 6.07) is 6.37. The number of benzene rings is 1. The normalized spacial score (nSPS) is 30.3. The molecule has 2 rings (SSSR count). The lowest BCUT2D eigenvalue weighted by Gasteiger charge is -2.42. The standard InChI is InChI=1S/C16H24FNO/c1-12-7-8-16(9-12,11-18)15(2,19)10-13-3-5-14(17)6-4-13/h3-6,12,19H,7-11,18H2,1-2H3. The second kappa shape index (κ2) is 5.22. The number of hydrogen-bond donors (Lipinski definition) is 2. The maximum atomic E-state index is 12.9. The van der Waals surface area contributed by atoms with Gasteiger partial charge in [-0.3, -0.25) is 0 Å². The lowest BCUT2D eigenvalue weighted by Crippen LogP contribution is -2.50. The van der Waals surface area contributed by atoms with Crippen LogP contribution in [-0.4, -0.2) is 17.3 Å². The van der Waals surface area contributed by atoms with Gasteiger partial charge in [0, 0.05) is 18.4 Å². The Morgan fingerprint density at radius 2 is 2.05 bits per heavy atom. The lowest BCUT2D eigenvalue weighted by molar-refractivity contribution is -0.0643. The van der Waals surface area contributed by atoms with Crippen molar-refractivity contribution in [2.45, 2.75) is 45.1 Å². The van der Waals surface area contributed by atoms with E-state index >= 15 is 0 Å². The Balaban J connectivity index is 2.18. The third kappa shape index (κ3) is 2.82. The summed E-state index contributed by atoms with van der Waals surface area (Å²) in [7, 11) is 0. The molecule has 106 valence electrons. The molecule has 0 heterocycles. The van der Waals surface area contributed by atoms with Gasteiger partial charge in [0.15, 0.2) is 0 Å². The quantitative estimate of drug-likeness (QED) is 0.879. The molecule has 1 aromatic rings. The molecule has 0 saturated heterocycles. The molecule has 2 nitrogen and oxygen atoms in total. The van der Waals surface area contributed by atoms with Gasteiger partial charge in [0.2, 0.25) is 0 Å². The lowest BCUT2D eigenvalue weighted by atomic mass is 9.68. The summed E-state index contributed by atoms with van der Waals surface area (Å²) in [5, 5.41) is 10.9. The van der Waals surface area contributed by atoms with Crippen molar-refractivity contribution >= 4 is 0 Å². The van der Waals surface area contributed by atoms with E-state index in [1.807, 2.05) is 6.92 Å². The highest BCUT2D eigenvalue weighted by Gasteiger charge is 2.49. The predicted octanol–water partition coefficient (Wildman–Crippen LogP) is 2.88. The van der Waals surface area contributed by atoms with Gasteiger partial charge < -0.3 is 10.8 Å². The highest BCUT2D eigenvalue weighted by atomic mass is 19.1. The fraction of sp³-hybridized carbons (Fsp3) is 0.625. The predicted molar refractivity (Wildman–Crippen MR) is 75.2 cm³/mol. The van der Waals surface area contributed by atoms with E-state index in [1.165, 1.54) is 12.1 Å². The number of aliphatic hydroxyl groups is 1. The third-order valence-electron chi connectivity index (χ3n) is 4.85. The average molecular weight is 265 g/mol. The molecule has 3 unspecified atom stereocenters. The van der Waals surface area contributed by atoms with Crippen LogP contribution in [0.5, 0.6) is 0 Å². The molecular weight excluding hydrogens is 241 g/mol. The molecule has 0 bridgehead atoms. The smallest absolute Gasteiger partial charge is 0.123 e. The average Bonchev–Trinajstić information content (AvgIpc) is 2.75. The van der Waals surface area contributed by atoms with Crippen LogP contribution in [0.1, 0.15) is 38.7 Å². The summed E-state index contributed by atoms with van der Waals surface area (Å²) in [4.78, 5) is 0. The van der Waals surface area contributed by atoms with Crippen LogP contribution in [0.2, 0.25) is 0 Å². The Kier molecular flexibility index (Phi) is 3.98. The Bertz CT molecular complexity index is 429. The van der Waals surface area contributed by atoms with E-state index in [1.54, 1.807) is 12.1 Å². The molecule has 1 fully saturated rings. The van der Waals surface area contributed by atoms with Crippen LogP contribution >= 0.6 is 0 Å². The molecule has 3 N–H and O–H groups in total. The zero-order chi connectivity index (χ0) is 14.1. The topological polar surface area (TPSA) is 46.2 Å². The molecular formula is C16H24FNO. The number of rotatable bonds is 4. The van der Waals surface area contributed by atoms with Crippen molar-refractivity contribution < 1.29 is 9.50 Å². The minimum Gasteiger partial charge on any atom is -0.389 e. The summed E-state index contributed by atoms with van der Waals surface area (Å²) < 4.78 is 12.9. The molecule has 0 amide bonds. The first kappa shape index (κ1) is 14.5. The third-order valence-corrected chi connectivity index (χ3v) is 4.85. The van der Waals surface area contributed by atoms with E-state index in [9.17, 15) is 9.50 Å². The summed E-state index contributed by atoms with van der Waals surface area (Å²) in [5.41, 5.74) is 5.88. The molecule has 19 heavy (non-hydrogen) atoms. The van der Waals surface area contributed by atoms with Crippen molar-refractivity contribution in [1.29, 1.82) is 0 Å². The maximum Gasteiger partial charge on any atom is 0.123 e. The molecule has 3 heteroatoms. The molecule has 1 aliphatic rings. The molecule has 0 aliphatic heterocycles. The Labute approximate surface area is 114 Å². The molecule has 1 aromatic carbocycles. The van der Waals surface area contributed by atoms with Crippen molar-refractivity contribution in [2.75, 3.05) is 6.54 Å². The zero-order valence-corrected chi connectivity index (χ0v) is 11.8. The van der Waals surface area contributed by atoms with Crippen LogP contribution in [0.15, 0.2) is 24.3 Å². The van der Waals surface area contributed by atoms with Gasteiger partial charge in [-0.15, -0.1) is 0 Å². The van der Waals surface area contributed by atoms with E-state index in [0.29, 0.717) is 18.9 Å². The molecule has 1 aliphatic carbocycles. The van der Waals surface area contributed by atoms with E-state index < -0.39 is 5.60 Å². The number of nitrogens with two attached hydrogens (primary N) is 1. The monoisotopic (exact) mass is 265 g/mol. The Morgan fingerprint density at radius 1 is 1.42 bits per heavy atom. The molecule has 0 spiro atoms. The Morgan fingerprint density at radius 3 is 2.53 bits per heavy atom. The minimum absolute atomic E-state index is 0.208. The molecule has 1 saturated carbocycles. The largest absolute Gasteiger partial charge is 0.389 e. The summed E-state index contributed by atoms with van der Waals surface area (Å²) in [6.45, 7) is 4.60. The van der Waals surface area contributed by atoms with Crippen molar-refractivity contribution in [3.05, 3.63) is 35.6 Å². The van der Waals surface area contributed by atoms with Crippen LogP contribution in [0.4, 0.5) is 4.39 Å². The summed E-state index contributed by atoms with van der Waals surface area (Å²) in [5.74, 6) is 0.370. The van der Waals surface area contributed by atoms with E-state index in [0.717, 1.165) is 24.8 Å². The summed E-state index contributed by atoms with van der Waals surface area (Å²) >= 11 is 0. The van der Waals surface area contributed by atoms with Gasteiger partial charge in [-0.2, -0.15) is 0 Å². The fourth-order valence-corrected chi connectivity index (χ4v) is 3.48. The van der Waals surface area contributed by atoms with Crippen molar-refractivity contribution in [2.24, 2.45) is 17.1 Å². The van der Waals surface area contributed by atoms with Crippen molar-refractivity contribution in [1.82, 2.24) is 0 Å². The highest BCUT2D eigenvalue weighted by molar-refractivity contribution is 5.20. The maximum absolute atomic E-state index is 12.9. The van der Waals surface area contributed by atoms with Gasteiger partial charge in [0.1, 0.15) is 5.82 Å². The van der Waals surface area contributed by atoms with Crippen LogP contribution < -0.4 is 5.73 Å². The number of halogens is 1. The van der Waals surface area contributed by atoms with E-state index in [-0.39, 0.29) is 11.2 Å². The summed E-state index contributed by atoms with van der Waals surface area (Å²) in [6.07, 6.45) is 3.59. The van der Waals surface area contributed by atoms with Crippen LogP contribution in [0.3, 0.4) is 0 Å². The first-order valence-electron chi connectivity index (χ1n) is 7.05. The first-order valence-corrected chi connectivity index (χ1v) is 7.05. The SMILES string of the molecule is CC1CCC(CN)(C(C)(O)Cc2ccc(F)cc2)C1. The van der Waals surface area contributed by atoms with Gasteiger partial charge in [0.25, 0.3) is 0 Å². The zero-order valence-electron chi connectivity index (χ0n) is 11.8. The highest BCUT2D eigenvalue weighted by Crippen LogP contribution is 2.49. The fourth-order valence-electron chi connectivity index (χ4n) is 3.48. The van der Waals surface area contributed by atoms with Gasteiger partial charge in [-0.1, -0.05) is 25.5 Å². The van der Waals surface area contributed by atoms with Crippen LogP contribution in [0, 0.1) is 17.2 Å². The minimum atomic E-state index is -0.843. The van der Waals surface area contributed by atoms with Crippen LogP contribution in [0.25, 0.3) is 0 Å². The van der Waals surface area contributed by atoms with Crippen molar-refractivity contribution in [3.8, 4) is 0 Å². The van der Waals surface area contributed by atoms with Gasteiger partial charge in [-0.25, -0.2) is 4.39 Å². The number of hydrogen-bond acceptors (Lipinski definition) is 2. The first-order chi connectivity index (χ1) is 8.88. The van der Waals surface area contributed by atoms with E-state index in [4.69, 9.17) is 5.73 Å². The van der Waals surface area contributed by atoms with Crippen molar-refractivity contribution in [3.63, 3.8) is 0 Å². The van der Waals surface area contributed by atoms with Gasteiger partial charge in [-0.05, 0) is 43.4 Å². The molecule has 0 aromatic heterocycles. The Hall–Kier alpha value is -0.930.